The maximum Gasteiger partial charge on any atom is 0.257 e. The zero-order valence-electron chi connectivity index (χ0n) is 15.6. The summed E-state index contributed by atoms with van der Waals surface area (Å²) in [6.07, 6.45) is 3.34. The summed E-state index contributed by atoms with van der Waals surface area (Å²) in [5, 5.41) is 14.1. The van der Waals surface area contributed by atoms with E-state index in [2.05, 4.69) is 23.3 Å². The van der Waals surface area contributed by atoms with E-state index in [0.717, 1.165) is 36.3 Å². The van der Waals surface area contributed by atoms with Gasteiger partial charge in [-0.15, -0.1) is 11.3 Å². The topological polar surface area (TPSA) is 75.0 Å². The van der Waals surface area contributed by atoms with Gasteiger partial charge < -0.3 is 4.74 Å². The highest BCUT2D eigenvalue weighted by molar-refractivity contribution is 7.14. The van der Waals surface area contributed by atoms with Crippen molar-refractivity contribution in [3.05, 3.63) is 65.0 Å². The number of nitrogens with one attached hydrogen (secondary N) is 1. The number of rotatable bonds is 8. The number of amides is 1. The van der Waals surface area contributed by atoms with Crippen LogP contribution in [0.25, 0.3) is 11.3 Å². The van der Waals surface area contributed by atoms with E-state index < -0.39 is 0 Å². The van der Waals surface area contributed by atoms with E-state index in [0.29, 0.717) is 22.9 Å². The van der Waals surface area contributed by atoms with Crippen LogP contribution in [0.4, 0.5) is 5.13 Å². The van der Waals surface area contributed by atoms with Crippen molar-refractivity contribution in [3.8, 4) is 23.1 Å². The van der Waals surface area contributed by atoms with E-state index in [-0.39, 0.29) is 5.91 Å². The fourth-order valence-corrected chi connectivity index (χ4v) is 3.31. The van der Waals surface area contributed by atoms with Crippen molar-refractivity contribution in [2.75, 3.05) is 11.9 Å². The predicted octanol–water partition coefficient (Wildman–Crippen LogP) is 5.50. The maximum atomic E-state index is 12.4. The van der Waals surface area contributed by atoms with E-state index >= 15 is 0 Å². The molecule has 3 aromatic rings. The minimum atomic E-state index is -0.210. The molecule has 0 fully saturated rings. The summed E-state index contributed by atoms with van der Waals surface area (Å²) in [6, 6.07) is 16.4. The van der Waals surface area contributed by atoms with Crippen LogP contribution in [0.2, 0.25) is 0 Å². The van der Waals surface area contributed by atoms with Crippen molar-refractivity contribution < 1.29 is 9.53 Å². The molecule has 0 aliphatic rings. The van der Waals surface area contributed by atoms with Gasteiger partial charge >= 0.3 is 0 Å². The number of carbonyl (C=O) groups excluding carboxylic acids is 1. The second-order valence-corrected chi connectivity index (χ2v) is 7.12. The molecule has 2 aromatic carbocycles. The Hall–Kier alpha value is -3.17. The quantitative estimate of drug-likeness (QED) is 0.514. The molecule has 0 unspecified atom stereocenters. The molecule has 1 heterocycles. The first-order chi connectivity index (χ1) is 13.7. The highest BCUT2D eigenvalue weighted by atomic mass is 32.1. The molecular weight excluding hydrogens is 370 g/mol. The second-order valence-electron chi connectivity index (χ2n) is 6.26. The van der Waals surface area contributed by atoms with Crippen molar-refractivity contribution in [1.82, 2.24) is 4.98 Å². The molecule has 0 spiro atoms. The van der Waals surface area contributed by atoms with E-state index in [1.165, 1.54) is 11.3 Å². The number of nitrogens with zero attached hydrogens (tertiary/aromatic N) is 2. The Labute approximate surface area is 168 Å². The Morgan fingerprint density at radius 3 is 2.57 bits per heavy atom. The molecule has 5 nitrogen and oxygen atoms in total. The van der Waals surface area contributed by atoms with Gasteiger partial charge in [0.05, 0.1) is 23.9 Å². The lowest BCUT2D eigenvalue weighted by Gasteiger charge is -2.07. The summed E-state index contributed by atoms with van der Waals surface area (Å²) >= 11 is 1.36. The molecule has 142 valence electrons. The lowest BCUT2D eigenvalue weighted by Crippen LogP contribution is -2.11. The molecule has 0 aliphatic heterocycles. The van der Waals surface area contributed by atoms with Crippen LogP contribution in [0.15, 0.2) is 53.9 Å². The van der Waals surface area contributed by atoms with Crippen molar-refractivity contribution in [2.45, 2.75) is 26.2 Å². The molecule has 1 N–H and O–H groups in total. The first kappa shape index (κ1) is 19.6. The Morgan fingerprint density at radius 2 is 1.89 bits per heavy atom. The molecule has 0 atom stereocenters. The van der Waals surface area contributed by atoms with Gasteiger partial charge in [-0.1, -0.05) is 31.9 Å². The van der Waals surface area contributed by atoms with Crippen LogP contribution < -0.4 is 10.1 Å². The van der Waals surface area contributed by atoms with Crippen LogP contribution in [0, 0.1) is 11.3 Å². The first-order valence-corrected chi connectivity index (χ1v) is 10.1. The van der Waals surface area contributed by atoms with Crippen LogP contribution in [-0.2, 0) is 0 Å². The number of anilines is 1. The lowest BCUT2D eigenvalue weighted by molar-refractivity contribution is 0.102. The number of hydrogen-bond donors (Lipinski definition) is 1. The van der Waals surface area contributed by atoms with Crippen molar-refractivity contribution in [1.29, 1.82) is 5.26 Å². The number of ether oxygens (including phenoxy) is 1. The zero-order valence-corrected chi connectivity index (χ0v) is 16.5. The fraction of sp³-hybridized carbons (Fsp3) is 0.227. The molecule has 0 bridgehead atoms. The summed E-state index contributed by atoms with van der Waals surface area (Å²) < 4.78 is 5.67. The molecule has 3 rings (SSSR count). The molecule has 28 heavy (non-hydrogen) atoms. The van der Waals surface area contributed by atoms with Gasteiger partial charge in [-0.3, -0.25) is 10.1 Å². The van der Waals surface area contributed by atoms with Gasteiger partial charge in [0.25, 0.3) is 5.91 Å². The van der Waals surface area contributed by atoms with Crippen molar-refractivity contribution in [3.63, 3.8) is 0 Å². The molecule has 0 aliphatic carbocycles. The number of thiazole rings is 1. The second kappa shape index (κ2) is 9.67. The van der Waals surface area contributed by atoms with Crippen LogP contribution in [0.3, 0.4) is 0 Å². The maximum absolute atomic E-state index is 12.4. The number of aromatic nitrogens is 1. The number of nitriles is 1. The number of unbranched alkanes of at least 4 members (excludes halogenated alkanes) is 2. The predicted molar refractivity (Wildman–Crippen MR) is 112 cm³/mol. The average Bonchev–Trinajstić information content (AvgIpc) is 3.20. The van der Waals surface area contributed by atoms with Gasteiger partial charge in [-0.2, -0.15) is 5.26 Å². The molecule has 0 saturated carbocycles. The highest BCUT2D eigenvalue weighted by Crippen LogP contribution is 2.25. The molecular formula is C22H21N3O2S. The third-order valence-corrected chi connectivity index (χ3v) is 4.93. The Morgan fingerprint density at radius 1 is 1.14 bits per heavy atom. The Kier molecular flexibility index (Phi) is 6.77. The van der Waals surface area contributed by atoms with Crippen LogP contribution in [0.1, 0.15) is 42.1 Å². The summed E-state index contributed by atoms with van der Waals surface area (Å²) in [5.41, 5.74) is 2.82. The fourth-order valence-electron chi connectivity index (χ4n) is 2.59. The third-order valence-electron chi connectivity index (χ3n) is 4.17. The minimum Gasteiger partial charge on any atom is -0.494 e. The van der Waals surface area contributed by atoms with Crippen molar-refractivity contribution >= 4 is 22.4 Å². The van der Waals surface area contributed by atoms with E-state index in [9.17, 15) is 4.79 Å². The lowest BCUT2D eigenvalue weighted by atomic mass is 10.1. The van der Waals surface area contributed by atoms with Gasteiger partial charge in [0.15, 0.2) is 5.13 Å². The summed E-state index contributed by atoms with van der Waals surface area (Å²) in [5.74, 6) is 0.559. The Bertz CT molecular complexity index is 957. The number of benzene rings is 2. The summed E-state index contributed by atoms with van der Waals surface area (Å²) in [7, 11) is 0. The van der Waals surface area contributed by atoms with Gasteiger partial charge in [-0.25, -0.2) is 4.98 Å². The third kappa shape index (κ3) is 5.18. The Balaban J connectivity index is 1.58. The van der Waals surface area contributed by atoms with E-state index in [1.54, 1.807) is 24.3 Å². The van der Waals surface area contributed by atoms with E-state index in [4.69, 9.17) is 10.00 Å². The van der Waals surface area contributed by atoms with Gasteiger partial charge in [0, 0.05) is 16.5 Å². The van der Waals surface area contributed by atoms with Crippen LogP contribution in [-0.4, -0.2) is 17.5 Å². The average molecular weight is 391 g/mol. The number of carbonyl (C=O) groups is 1. The molecule has 1 aromatic heterocycles. The molecule has 0 radical (unpaired) electrons. The molecule has 1 amide bonds. The molecule has 0 saturated heterocycles. The standard InChI is InChI=1S/C22H21N3O2S/c1-2-3-4-13-27-19-11-9-18(10-12-19)21(26)25-22-24-20(15-28-22)17-7-5-16(14-23)6-8-17/h5-12,15H,2-4,13H2,1H3,(H,24,25,26). The van der Waals surface area contributed by atoms with Crippen molar-refractivity contribution in [2.24, 2.45) is 0 Å². The number of hydrogen-bond acceptors (Lipinski definition) is 5. The monoisotopic (exact) mass is 391 g/mol. The van der Waals surface area contributed by atoms with Crippen LogP contribution in [0.5, 0.6) is 5.75 Å². The first-order valence-electron chi connectivity index (χ1n) is 9.20. The van der Waals surface area contributed by atoms with Gasteiger partial charge in [0.2, 0.25) is 0 Å². The largest absolute Gasteiger partial charge is 0.494 e. The van der Waals surface area contributed by atoms with Gasteiger partial charge in [0.1, 0.15) is 5.75 Å². The highest BCUT2D eigenvalue weighted by Gasteiger charge is 2.10. The normalized spacial score (nSPS) is 10.3. The SMILES string of the molecule is CCCCCOc1ccc(C(=O)Nc2nc(-c3ccc(C#N)cc3)cs2)cc1. The zero-order chi connectivity index (χ0) is 19.8. The van der Waals surface area contributed by atoms with E-state index in [1.807, 2.05) is 29.6 Å². The minimum absolute atomic E-state index is 0.210. The smallest absolute Gasteiger partial charge is 0.257 e. The summed E-state index contributed by atoms with van der Waals surface area (Å²) in [4.78, 5) is 16.9. The molecule has 6 heteroatoms. The summed E-state index contributed by atoms with van der Waals surface area (Å²) in [6.45, 7) is 2.85. The van der Waals surface area contributed by atoms with Gasteiger partial charge in [-0.05, 0) is 42.8 Å². The van der Waals surface area contributed by atoms with Crippen LogP contribution >= 0.6 is 11.3 Å².